The zero-order valence-electron chi connectivity index (χ0n) is 10.6. The van der Waals surface area contributed by atoms with Crippen LogP contribution in [0, 0.1) is 0 Å². The highest BCUT2D eigenvalue weighted by atomic mass is 16.3. The van der Waals surface area contributed by atoms with Gasteiger partial charge in [-0.1, -0.05) is 42.5 Å². The van der Waals surface area contributed by atoms with E-state index in [1.54, 1.807) is 0 Å². The fourth-order valence-electron chi connectivity index (χ4n) is 2.73. The molecule has 1 aliphatic rings. The summed E-state index contributed by atoms with van der Waals surface area (Å²) in [6.07, 6.45) is 5.53. The van der Waals surface area contributed by atoms with E-state index in [1.165, 1.54) is 5.56 Å². The molecule has 0 spiro atoms. The summed E-state index contributed by atoms with van der Waals surface area (Å²) in [4.78, 5) is 2.40. The molecule has 2 heteroatoms. The first kappa shape index (κ1) is 12.3. The SMILES string of the molecule is C[C@H]1C=CC[C@H](C)N1[C@@H](CO)c1ccccc1. The number of rotatable bonds is 3. The summed E-state index contributed by atoms with van der Waals surface area (Å²) < 4.78 is 0. The highest BCUT2D eigenvalue weighted by molar-refractivity contribution is 5.20. The van der Waals surface area contributed by atoms with E-state index in [0.29, 0.717) is 12.1 Å². The Balaban J connectivity index is 2.26. The van der Waals surface area contributed by atoms with Gasteiger partial charge in [0.2, 0.25) is 0 Å². The summed E-state index contributed by atoms with van der Waals surface area (Å²) in [5, 5.41) is 9.70. The molecule has 17 heavy (non-hydrogen) atoms. The minimum atomic E-state index is 0.103. The summed E-state index contributed by atoms with van der Waals surface area (Å²) in [5.41, 5.74) is 1.20. The third kappa shape index (κ3) is 2.59. The van der Waals surface area contributed by atoms with Crippen LogP contribution in [0.1, 0.15) is 31.9 Å². The molecular formula is C15H21NO. The van der Waals surface area contributed by atoms with E-state index in [0.717, 1.165) is 6.42 Å². The largest absolute Gasteiger partial charge is 0.394 e. The molecule has 92 valence electrons. The van der Waals surface area contributed by atoms with Gasteiger partial charge in [-0.25, -0.2) is 0 Å². The van der Waals surface area contributed by atoms with Crippen molar-refractivity contribution in [2.75, 3.05) is 6.61 Å². The second-order valence-corrected chi connectivity index (χ2v) is 4.81. The topological polar surface area (TPSA) is 23.5 Å². The highest BCUT2D eigenvalue weighted by Crippen LogP contribution is 2.29. The molecule has 0 aliphatic carbocycles. The first-order valence-corrected chi connectivity index (χ1v) is 6.34. The molecule has 0 saturated carbocycles. The third-order valence-electron chi connectivity index (χ3n) is 3.59. The number of benzene rings is 1. The Bertz CT molecular complexity index is 374. The molecule has 1 aliphatic heterocycles. The van der Waals surface area contributed by atoms with Gasteiger partial charge < -0.3 is 5.11 Å². The Morgan fingerprint density at radius 1 is 1.29 bits per heavy atom. The van der Waals surface area contributed by atoms with Gasteiger partial charge in [0.1, 0.15) is 0 Å². The second-order valence-electron chi connectivity index (χ2n) is 4.81. The summed E-state index contributed by atoms with van der Waals surface area (Å²) in [5.74, 6) is 0. The van der Waals surface area contributed by atoms with Crippen LogP contribution in [0.25, 0.3) is 0 Å². The Kier molecular flexibility index (Phi) is 3.97. The fourth-order valence-corrected chi connectivity index (χ4v) is 2.73. The molecule has 0 amide bonds. The lowest BCUT2D eigenvalue weighted by Crippen LogP contribution is -2.45. The van der Waals surface area contributed by atoms with Gasteiger partial charge in [-0.3, -0.25) is 4.90 Å². The average Bonchev–Trinajstić information content (AvgIpc) is 2.35. The summed E-state index contributed by atoms with van der Waals surface area (Å²) >= 11 is 0. The van der Waals surface area contributed by atoms with Gasteiger partial charge in [-0.2, -0.15) is 0 Å². The number of hydrogen-bond donors (Lipinski definition) is 1. The second kappa shape index (κ2) is 5.48. The lowest BCUT2D eigenvalue weighted by molar-refractivity contribution is 0.0653. The molecule has 0 unspecified atom stereocenters. The van der Waals surface area contributed by atoms with Gasteiger partial charge in [0, 0.05) is 12.1 Å². The third-order valence-corrected chi connectivity index (χ3v) is 3.59. The lowest BCUT2D eigenvalue weighted by Gasteiger charge is -2.41. The zero-order valence-corrected chi connectivity index (χ0v) is 10.6. The van der Waals surface area contributed by atoms with E-state index in [-0.39, 0.29) is 12.6 Å². The fraction of sp³-hybridized carbons (Fsp3) is 0.467. The van der Waals surface area contributed by atoms with Crippen LogP contribution in [0.3, 0.4) is 0 Å². The van der Waals surface area contributed by atoms with Crippen molar-refractivity contribution in [3.63, 3.8) is 0 Å². The maximum Gasteiger partial charge on any atom is 0.0628 e. The van der Waals surface area contributed by atoms with Crippen molar-refractivity contribution in [3.8, 4) is 0 Å². The van der Waals surface area contributed by atoms with Crippen LogP contribution in [-0.2, 0) is 0 Å². The zero-order chi connectivity index (χ0) is 12.3. The quantitative estimate of drug-likeness (QED) is 0.809. The summed E-state index contributed by atoms with van der Waals surface area (Å²) in [6.45, 7) is 4.59. The number of aliphatic hydroxyl groups is 1. The van der Waals surface area contributed by atoms with Crippen molar-refractivity contribution in [2.45, 2.75) is 38.4 Å². The number of nitrogens with zero attached hydrogens (tertiary/aromatic N) is 1. The molecule has 0 saturated heterocycles. The predicted molar refractivity (Wildman–Crippen MR) is 70.8 cm³/mol. The molecule has 3 atom stereocenters. The number of hydrogen-bond acceptors (Lipinski definition) is 2. The molecule has 1 heterocycles. The van der Waals surface area contributed by atoms with E-state index < -0.39 is 0 Å². The molecule has 1 aromatic rings. The Morgan fingerprint density at radius 3 is 2.59 bits per heavy atom. The molecule has 0 fully saturated rings. The molecule has 0 bridgehead atoms. The van der Waals surface area contributed by atoms with E-state index in [4.69, 9.17) is 0 Å². The van der Waals surface area contributed by atoms with E-state index in [9.17, 15) is 5.11 Å². The van der Waals surface area contributed by atoms with Crippen molar-refractivity contribution >= 4 is 0 Å². The highest BCUT2D eigenvalue weighted by Gasteiger charge is 2.29. The minimum absolute atomic E-state index is 0.103. The van der Waals surface area contributed by atoms with Crippen LogP contribution in [0.5, 0.6) is 0 Å². The van der Waals surface area contributed by atoms with Crippen LogP contribution in [-0.4, -0.2) is 28.7 Å². The molecule has 2 rings (SSSR count). The van der Waals surface area contributed by atoms with Gasteiger partial charge in [0.15, 0.2) is 0 Å². The first-order valence-electron chi connectivity index (χ1n) is 6.34. The van der Waals surface area contributed by atoms with E-state index in [2.05, 4.69) is 43.0 Å². The molecule has 0 aromatic heterocycles. The number of aliphatic hydroxyl groups excluding tert-OH is 1. The average molecular weight is 231 g/mol. The van der Waals surface area contributed by atoms with Crippen molar-refractivity contribution < 1.29 is 5.11 Å². The van der Waals surface area contributed by atoms with Crippen LogP contribution in [0.15, 0.2) is 42.5 Å². The molecule has 1 aromatic carbocycles. The summed E-state index contributed by atoms with van der Waals surface area (Å²) in [6, 6.07) is 11.2. The maximum absolute atomic E-state index is 9.70. The van der Waals surface area contributed by atoms with Crippen LogP contribution < -0.4 is 0 Å². The van der Waals surface area contributed by atoms with Crippen molar-refractivity contribution in [3.05, 3.63) is 48.0 Å². The molecule has 0 radical (unpaired) electrons. The van der Waals surface area contributed by atoms with Gasteiger partial charge in [0.25, 0.3) is 0 Å². The molecule has 2 nitrogen and oxygen atoms in total. The van der Waals surface area contributed by atoms with Gasteiger partial charge in [-0.05, 0) is 25.8 Å². The van der Waals surface area contributed by atoms with Gasteiger partial charge in [-0.15, -0.1) is 0 Å². The normalized spacial score (nSPS) is 27.0. The molecular weight excluding hydrogens is 210 g/mol. The van der Waals surface area contributed by atoms with E-state index >= 15 is 0 Å². The lowest BCUT2D eigenvalue weighted by atomic mass is 9.97. The maximum atomic E-state index is 9.70. The van der Waals surface area contributed by atoms with Gasteiger partial charge in [0.05, 0.1) is 12.6 Å². The van der Waals surface area contributed by atoms with Crippen molar-refractivity contribution in [1.29, 1.82) is 0 Å². The monoisotopic (exact) mass is 231 g/mol. The van der Waals surface area contributed by atoms with Gasteiger partial charge >= 0.3 is 0 Å². The van der Waals surface area contributed by atoms with Crippen molar-refractivity contribution in [2.24, 2.45) is 0 Å². The Hall–Kier alpha value is -1.12. The molecule has 1 N–H and O–H groups in total. The Labute approximate surface area is 104 Å². The van der Waals surface area contributed by atoms with Crippen LogP contribution in [0.4, 0.5) is 0 Å². The minimum Gasteiger partial charge on any atom is -0.394 e. The van der Waals surface area contributed by atoms with E-state index in [1.807, 2.05) is 18.2 Å². The predicted octanol–water partition coefficient (Wildman–Crippen LogP) is 2.76. The van der Waals surface area contributed by atoms with Crippen LogP contribution >= 0.6 is 0 Å². The first-order chi connectivity index (χ1) is 8.24. The van der Waals surface area contributed by atoms with Crippen molar-refractivity contribution in [1.82, 2.24) is 4.90 Å². The smallest absolute Gasteiger partial charge is 0.0628 e. The Morgan fingerprint density at radius 2 is 2.00 bits per heavy atom. The van der Waals surface area contributed by atoms with Crippen LogP contribution in [0.2, 0.25) is 0 Å². The summed E-state index contributed by atoms with van der Waals surface area (Å²) in [7, 11) is 0. The standard InChI is InChI=1S/C15H21NO/c1-12-7-6-8-13(2)16(12)15(11-17)14-9-4-3-5-10-14/h3-7,9-10,12-13,15,17H,8,11H2,1-2H3/t12-,13-,15-/m0/s1.